The number of sulfone groups is 1. The number of hydrogen-bond donors (Lipinski definition) is 1. The van der Waals surface area contributed by atoms with Crippen molar-refractivity contribution in [3.63, 3.8) is 0 Å². The molecule has 0 unspecified atom stereocenters. The van der Waals surface area contributed by atoms with Crippen LogP contribution in [0.25, 0.3) is 21.8 Å². The first-order valence-electron chi connectivity index (χ1n) is 15.6. The van der Waals surface area contributed by atoms with Crippen molar-refractivity contribution in [2.45, 2.75) is 25.9 Å². The molecule has 11 nitrogen and oxygen atoms in total. The zero-order valence-corrected chi connectivity index (χ0v) is 29.1. The maximum Gasteiger partial charge on any atom is 0.227 e. The summed E-state index contributed by atoms with van der Waals surface area (Å²) in [5, 5.41) is 4.70. The predicted molar refractivity (Wildman–Crippen MR) is 187 cm³/mol. The van der Waals surface area contributed by atoms with Crippen LogP contribution in [0.3, 0.4) is 0 Å². The monoisotopic (exact) mass is 698 g/mol. The zero-order chi connectivity index (χ0) is 33.0. The van der Waals surface area contributed by atoms with Gasteiger partial charge in [-0.15, -0.1) is 0 Å². The van der Waals surface area contributed by atoms with Gasteiger partial charge in [-0.3, -0.25) is 0 Å². The minimum absolute atomic E-state index is 0.0186. The molecule has 0 amide bonds. The molecule has 2 aliphatic heterocycles. The quantitative estimate of drug-likeness (QED) is 0.208. The molecule has 14 heteroatoms. The number of halogens is 1. The third-order valence-electron chi connectivity index (χ3n) is 8.14. The second kappa shape index (κ2) is 14.7. The maximum absolute atomic E-state index is 11.5. The average Bonchev–Trinajstić information content (AvgIpc) is 3.52. The van der Waals surface area contributed by atoms with Crippen LogP contribution in [0.5, 0.6) is 11.5 Å². The lowest BCUT2D eigenvalue weighted by atomic mass is 10.1. The van der Waals surface area contributed by atoms with Gasteiger partial charge in [0.15, 0.2) is 5.13 Å². The second-order valence-electron chi connectivity index (χ2n) is 11.8. The van der Waals surface area contributed by atoms with Crippen molar-refractivity contribution in [3.8, 4) is 33.3 Å². The topological polar surface area (TPSA) is 119 Å². The molecular formula is C33H39ClN6O5S2. The number of aryl methyl sites for hydroxylation is 1. The van der Waals surface area contributed by atoms with Crippen LogP contribution in [-0.2, 0) is 14.6 Å². The molecule has 2 aliphatic rings. The SMILES string of the molecule is COc1cc(C)cc(-c2nc(N3CCOCC3)sc2-c2ccnc(Nc3ccc(OC4CCN(CCS(C)(=O)=O)CC4)c(Cl)c3)n2)c1. The van der Waals surface area contributed by atoms with Crippen LogP contribution in [0.4, 0.5) is 16.8 Å². The van der Waals surface area contributed by atoms with E-state index >= 15 is 0 Å². The zero-order valence-electron chi connectivity index (χ0n) is 26.7. The van der Waals surface area contributed by atoms with Crippen LogP contribution in [0.1, 0.15) is 18.4 Å². The number of benzene rings is 2. The Labute approximate surface area is 284 Å². The Balaban J connectivity index is 1.18. The summed E-state index contributed by atoms with van der Waals surface area (Å²) in [5.41, 5.74) is 4.37. The van der Waals surface area contributed by atoms with E-state index in [2.05, 4.69) is 26.2 Å². The van der Waals surface area contributed by atoms with Gasteiger partial charge in [0.25, 0.3) is 0 Å². The molecule has 47 heavy (non-hydrogen) atoms. The molecule has 6 rings (SSSR count). The Morgan fingerprint density at radius 2 is 1.85 bits per heavy atom. The van der Waals surface area contributed by atoms with E-state index in [9.17, 15) is 8.42 Å². The molecule has 2 aromatic carbocycles. The molecule has 2 aromatic heterocycles. The normalized spacial score (nSPS) is 16.3. The number of likely N-dealkylation sites (tertiary alicyclic amines) is 1. The largest absolute Gasteiger partial charge is 0.497 e. The van der Waals surface area contributed by atoms with Gasteiger partial charge < -0.3 is 29.3 Å². The molecule has 2 fully saturated rings. The van der Waals surface area contributed by atoms with Crippen LogP contribution in [0.15, 0.2) is 48.7 Å². The lowest BCUT2D eigenvalue weighted by Crippen LogP contribution is -2.40. The highest BCUT2D eigenvalue weighted by atomic mass is 35.5. The molecule has 250 valence electrons. The van der Waals surface area contributed by atoms with Crippen molar-refractivity contribution in [2.24, 2.45) is 0 Å². The van der Waals surface area contributed by atoms with E-state index in [1.165, 1.54) is 6.26 Å². The molecule has 0 spiro atoms. The first kappa shape index (κ1) is 33.4. The smallest absolute Gasteiger partial charge is 0.227 e. The van der Waals surface area contributed by atoms with E-state index in [1.807, 2.05) is 43.3 Å². The van der Waals surface area contributed by atoms with E-state index < -0.39 is 9.84 Å². The number of nitrogens with one attached hydrogen (secondary N) is 1. The summed E-state index contributed by atoms with van der Waals surface area (Å²) in [6.45, 7) is 7.08. The summed E-state index contributed by atoms with van der Waals surface area (Å²) in [6, 6.07) is 13.6. The van der Waals surface area contributed by atoms with Crippen LogP contribution in [0, 0.1) is 6.92 Å². The van der Waals surface area contributed by atoms with E-state index in [0.29, 0.717) is 36.5 Å². The highest BCUT2D eigenvalue weighted by Gasteiger charge is 2.24. The van der Waals surface area contributed by atoms with Gasteiger partial charge in [-0.05, 0) is 67.8 Å². The van der Waals surface area contributed by atoms with Crippen molar-refractivity contribution in [2.75, 3.05) is 75.3 Å². The van der Waals surface area contributed by atoms with E-state index in [4.69, 9.17) is 35.8 Å². The number of aromatic nitrogens is 3. The number of thiazole rings is 1. The molecule has 4 aromatic rings. The highest BCUT2D eigenvalue weighted by Crippen LogP contribution is 2.41. The first-order chi connectivity index (χ1) is 22.6. The summed E-state index contributed by atoms with van der Waals surface area (Å²) in [5.74, 6) is 1.99. The molecule has 4 heterocycles. The summed E-state index contributed by atoms with van der Waals surface area (Å²) in [4.78, 5) is 19.8. The van der Waals surface area contributed by atoms with E-state index in [1.54, 1.807) is 24.6 Å². The lowest BCUT2D eigenvalue weighted by Gasteiger charge is -2.32. The lowest BCUT2D eigenvalue weighted by molar-refractivity contribution is 0.104. The van der Waals surface area contributed by atoms with Crippen molar-refractivity contribution in [1.82, 2.24) is 19.9 Å². The fourth-order valence-electron chi connectivity index (χ4n) is 5.64. The van der Waals surface area contributed by atoms with Gasteiger partial charge in [-0.25, -0.2) is 23.4 Å². The maximum atomic E-state index is 11.5. The minimum atomic E-state index is -2.97. The number of hydrogen-bond acceptors (Lipinski definition) is 12. The number of morpholine rings is 1. The Hall–Kier alpha value is -3.49. The molecule has 0 saturated carbocycles. The Kier molecular flexibility index (Phi) is 10.5. The van der Waals surface area contributed by atoms with Crippen molar-refractivity contribution >= 4 is 49.5 Å². The Bertz CT molecular complexity index is 1810. The van der Waals surface area contributed by atoms with E-state index in [0.717, 1.165) is 83.0 Å². The summed E-state index contributed by atoms with van der Waals surface area (Å²) >= 11 is 8.27. The third-order valence-corrected chi connectivity index (χ3v) is 10.5. The second-order valence-corrected chi connectivity index (χ2v) is 15.5. The van der Waals surface area contributed by atoms with E-state index in [-0.39, 0.29) is 11.9 Å². The predicted octanol–water partition coefficient (Wildman–Crippen LogP) is 5.71. The third kappa shape index (κ3) is 8.71. The first-order valence-corrected chi connectivity index (χ1v) is 18.9. The Morgan fingerprint density at radius 3 is 2.57 bits per heavy atom. The molecule has 0 bridgehead atoms. The van der Waals surface area contributed by atoms with Gasteiger partial charge in [0.1, 0.15) is 27.4 Å². The van der Waals surface area contributed by atoms with Gasteiger partial charge >= 0.3 is 0 Å². The number of anilines is 3. The van der Waals surface area contributed by atoms with Crippen molar-refractivity contribution < 1.29 is 22.6 Å². The fraction of sp³-hybridized carbons (Fsp3) is 0.424. The Morgan fingerprint density at radius 1 is 1.06 bits per heavy atom. The van der Waals surface area contributed by atoms with Gasteiger partial charge in [0.05, 0.1) is 47.4 Å². The fourth-order valence-corrected chi connectivity index (χ4v) is 7.57. The number of ether oxygens (including phenoxy) is 3. The number of methoxy groups -OCH3 is 1. The summed E-state index contributed by atoms with van der Waals surface area (Å²) in [7, 11) is -1.30. The van der Waals surface area contributed by atoms with Crippen LogP contribution >= 0.6 is 22.9 Å². The molecule has 0 radical (unpaired) electrons. The van der Waals surface area contributed by atoms with Gasteiger partial charge in [-0.1, -0.05) is 22.9 Å². The molecule has 0 aliphatic carbocycles. The summed E-state index contributed by atoms with van der Waals surface area (Å²) in [6.07, 6.45) is 4.65. The number of piperidine rings is 1. The molecule has 1 N–H and O–H groups in total. The van der Waals surface area contributed by atoms with Gasteiger partial charge in [0.2, 0.25) is 5.95 Å². The van der Waals surface area contributed by atoms with Crippen LogP contribution in [-0.4, -0.2) is 99.4 Å². The standard InChI is InChI=1S/C33H39ClN6O5S2/c1-22-18-23(20-26(19-22)43-2)30-31(46-33(38-30)40-12-15-44-16-13-40)28-6-9-35-32(37-28)36-24-4-5-29(27(34)21-24)45-25-7-10-39(11-8-25)14-17-47(3,41)42/h4-6,9,18-21,25H,7-8,10-17H2,1-3H3,(H,35,36,37). The number of rotatable bonds is 11. The minimum Gasteiger partial charge on any atom is -0.497 e. The van der Waals surface area contributed by atoms with Crippen LogP contribution in [0.2, 0.25) is 5.02 Å². The van der Waals surface area contributed by atoms with Crippen LogP contribution < -0.4 is 19.7 Å². The van der Waals surface area contributed by atoms with Crippen molar-refractivity contribution in [3.05, 3.63) is 59.2 Å². The summed E-state index contributed by atoms with van der Waals surface area (Å²) < 4.78 is 40.4. The molecular weight excluding hydrogens is 660 g/mol. The van der Waals surface area contributed by atoms with Crippen molar-refractivity contribution in [1.29, 1.82) is 0 Å². The number of nitrogens with zero attached hydrogens (tertiary/aromatic N) is 5. The highest BCUT2D eigenvalue weighted by molar-refractivity contribution is 7.90. The average molecular weight is 699 g/mol. The van der Waals surface area contributed by atoms with Gasteiger partial charge in [-0.2, -0.15) is 0 Å². The molecule has 0 atom stereocenters. The molecule has 2 saturated heterocycles. The van der Waals surface area contributed by atoms with Gasteiger partial charge in [0, 0.05) is 56.4 Å².